The van der Waals surface area contributed by atoms with Crippen LogP contribution in [0.4, 0.5) is 22.9 Å². The molecule has 3 aliphatic rings. The molecule has 2 saturated heterocycles. The molecule has 2 aromatic heterocycles. The monoisotopic (exact) mass is 717 g/mol. The lowest BCUT2D eigenvalue weighted by atomic mass is 9.73. The number of halogens is 1. The zero-order valence-corrected chi connectivity index (χ0v) is 29.7. The third-order valence-corrected chi connectivity index (χ3v) is 11.8. The smallest absolute Gasteiger partial charge is 0.267 e. The van der Waals surface area contributed by atoms with Gasteiger partial charge in [0.15, 0.2) is 0 Å². The molecule has 11 heteroatoms. The summed E-state index contributed by atoms with van der Waals surface area (Å²) in [4.78, 5) is 50.8. The van der Waals surface area contributed by atoms with Gasteiger partial charge in [-0.15, -0.1) is 11.3 Å². The normalized spacial score (nSPS) is 16.0. The number of carbonyl (C=O) groups is 3. The van der Waals surface area contributed by atoms with E-state index in [1.165, 1.54) is 11.3 Å². The van der Waals surface area contributed by atoms with Gasteiger partial charge in [-0.05, 0) is 85.8 Å². The number of benzene rings is 3. The molecule has 2 N–H and O–H groups in total. The van der Waals surface area contributed by atoms with Crippen LogP contribution in [0.25, 0.3) is 10.4 Å². The summed E-state index contributed by atoms with van der Waals surface area (Å²) in [7, 11) is 0. The number of pyridine rings is 1. The Morgan fingerprint density at radius 1 is 0.882 bits per heavy atom. The van der Waals surface area contributed by atoms with Crippen molar-refractivity contribution in [3.63, 3.8) is 0 Å². The van der Waals surface area contributed by atoms with Gasteiger partial charge in [0, 0.05) is 71.8 Å². The summed E-state index contributed by atoms with van der Waals surface area (Å²) in [5.41, 5.74) is 5.90. The molecular formula is C40H36ClN5O4S. The Bertz CT molecular complexity index is 2140. The molecule has 2 fully saturated rings. The Kier molecular flexibility index (Phi) is 8.83. The molecule has 3 amide bonds. The van der Waals surface area contributed by atoms with E-state index in [1.807, 2.05) is 67.6 Å². The summed E-state index contributed by atoms with van der Waals surface area (Å²) in [5.74, 6) is 0.0215. The van der Waals surface area contributed by atoms with Crippen LogP contribution in [-0.2, 0) is 11.2 Å². The highest BCUT2D eigenvalue weighted by Gasteiger charge is 2.45. The number of aryl methyl sites for hydroxylation is 1. The number of hydrogen-bond donors (Lipinski definition) is 2. The van der Waals surface area contributed by atoms with Crippen LogP contribution >= 0.6 is 22.9 Å². The van der Waals surface area contributed by atoms with E-state index in [1.54, 1.807) is 35.4 Å². The molecule has 0 atom stereocenters. The summed E-state index contributed by atoms with van der Waals surface area (Å²) in [6.45, 7) is 5.61. The second-order valence-corrected chi connectivity index (χ2v) is 14.9. The molecule has 0 radical (unpaired) electrons. The molecule has 3 aromatic carbocycles. The van der Waals surface area contributed by atoms with Crippen molar-refractivity contribution in [2.45, 2.75) is 26.2 Å². The summed E-state index contributed by atoms with van der Waals surface area (Å²) < 4.78 is 5.57. The molecule has 0 saturated carbocycles. The van der Waals surface area contributed by atoms with Crippen molar-refractivity contribution in [2.24, 2.45) is 5.41 Å². The zero-order valence-electron chi connectivity index (χ0n) is 28.1. The molecule has 9 nitrogen and oxygen atoms in total. The molecule has 8 rings (SSSR count). The second-order valence-electron chi connectivity index (χ2n) is 13.5. The van der Waals surface area contributed by atoms with E-state index >= 15 is 0 Å². The number of amides is 3. The van der Waals surface area contributed by atoms with Crippen LogP contribution in [-0.4, -0.2) is 55.6 Å². The first-order chi connectivity index (χ1) is 24.8. The van der Waals surface area contributed by atoms with Crippen molar-refractivity contribution in [3.8, 4) is 10.4 Å². The fourth-order valence-electron chi connectivity index (χ4n) is 7.26. The quantitative estimate of drug-likeness (QED) is 0.184. The number of nitrogens with one attached hydrogen (secondary N) is 2. The topological polar surface area (TPSA) is 104 Å². The number of fused-ring (bicyclic) bond motifs is 3. The van der Waals surface area contributed by atoms with Gasteiger partial charge >= 0.3 is 0 Å². The van der Waals surface area contributed by atoms with E-state index in [9.17, 15) is 14.4 Å². The van der Waals surface area contributed by atoms with Gasteiger partial charge in [-0.1, -0.05) is 48.0 Å². The third-order valence-electron chi connectivity index (χ3n) is 9.99. The number of thiophene rings is 1. The van der Waals surface area contributed by atoms with E-state index in [-0.39, 0.29) is 23.1 Å². The maximum atomic E-state index is 14.1. The van der Waals surface area contributed by atoms with Gasteiger partial charge in [-0.25, -0.2) is 4.98 Å². The highest BCUT2D eigenvalue weighted by Crippen LogP contribution is 2.46. The standard InChI is InChI=1S/C40H36ClN5O4S/c1-25-21-31(36(42-22-25)45-23-40(24-45)16-19-50-20-17-40)37(47)43-28-13-11-26(12-14-28)39(49)46-18-15-30-33(41)35(38(48)44-27-7-3-2-4-8-27)51-34(30)29-9-5-6-10-32(29)46/h2-14,21-22H,15-20,23-24H2,1H3,(H,43,47)(H,44,48). The Labute approximate surface area is 305 Å². The lowest BCUT2D eigenvalue weighted by molar-refractivity contribution is -0.000511. The van der Waals surface area contributed by atoms with Crippen molar-refractivity contribution in [2.75, 3.05) is 53.3 Å². The van der Waals surface area contributed by atoms with Crippen LogP contribution in [0.2, 0.25) is 5.02 Å². The number of ether oxygens (including phenoxy) is 1. The van der Waals surface area contributed by atoms with E-state index < -0.39 is 0 Å². The Morgan fingerprint density at radius 2 is 1.57 bits per heavy atom. The highest BCUT2D eigenvalue weighted by atomic mass is 35.5. The molecule has 0 aliphatic carbocycles. The van der Waals surface area contributed by atoms with Gasteiger partial charge in [0.05, 0.1) is 16.3 Å². The molecule has 51 heavy (non-hydrogen) atoms. The second kappa shape index (κ2) is 13.6. The number of nitrogens with zero attached hydrogens (tertiary/aromatic N) is 3. The predicted molar refractivity (Wildman–Crippen MR) is 203 cm³/mol. The summed E-state index contributed by atoms with van der Waals surface area (Å²) in [5, 5.41) is 6.37. The average Bonchev–Trinajstić information content (AvgIpc) is 3.37. The first kappa shape index (κ1) is 33.1. The van der Waals surface area contributed by atoms with Crippen LogP contribution in [0, 0.1) is 12.3 Å². The summed E-state index contributed by atoms with van der Waals surface area (Å²) in [6.07, 6.45) is 4.35. The third kappa shape index (κ3) is 6.39. The molecule has 0 bridgehead atoms. The molecule has 5 aromatic rings. The molecule has 3 aliphatic heterocycles. The average molecular weight is 718 g/mol. The Balaban J connectivity index is 0.987. The van der Waals surface area contributed by atoms with Crippen LogP contribution in [0.3, 0.4) is 0 Å². The maximum absolute atomic E-state index is 14.1. The Morgan fingerprint density at radius 3 is 2.33 bits per heavy atom. The highest BCUT2D eigenvalue weighted by molar-refractivity contribution is 7.18. The lowest BCUT2D eigenvalue weighted by Crippen LogP contribution is -2.59. The first-order valence-electron chi connectivity index (χ1n) is 17.1. The molecule has 5 heterocycles. The number of para-hydroxylation sites is 2. The number of anilines is 4. The predicted octanol–water partition coefficient (Wildman–Crippen LogP) is 8.10. The number of aromatic nitrogens is 1. The lowest BCUT2D eigenvalue weighted by Gasteiger charge is -2.53. The minimum atomic E-state index is -0.263. The van der Waals surface area contributed by atoms with Gasteiger partial charge in [0.1, 0.15) is 10.7 Å². The van der Waals surface area contributed by atoms with Crippen molar-refractivity contribution in [3.05, 3.63) is 123 Å². The minimum Gasteiger partial charge on any atom is -0.381 e. The van der Waals surface area contributed by atoms with Crippen LogP contribution in [0.1, 0.15) is 54.4 Å². The van der Waals surface area contributed by atoms with Crippen molar-refractivity contribution >= 4 is 63.5 Å². The Hall–Kier alpha value is -5.03. The van der Waals surface area contributed by atoms with Gasteiger partial charge < -0.3 is 25.2 Å². The fourth-order valence-corrected chi connectivity index (χ4v) is 8.88. The fraction of sp³-hybridized carbons (Fsp3) is 0.250. The molecular weight excluding hydrogens is 682 g/mol. The van der Waals surface area contributed by atoms with E-state index in [4.69, 9.17) is 16.3 Å². The van der Waals surface area contributed by atoms with Crippen molar-refractivity contribution in [1.29, 1.82) is 0 Å². The summed E-state index contributed by atoms with van der Waals surface area (Å²) >= 11 is 8.21. The largest absolute Gasteiger partial charge is 0.381 e. The van der Waals surface area contributed by atoms with E-state index in [0.29, 0.717) is 51.2 Å². The molecule has 258 valence electrons. The SMILES string of the molecule is Cc1cnc(N2CC3(CCOCC3)C2)c(C(=O)Nc2ccc(C(=O)N3CCc4c(sc(C(=O)Nc5ccccc5)c4Cl)-c4ccccc43)cc2)c1. The van der Waals surface area contributed by atoms with Gasteiger partial charge in [0.2, 0.25) is 0 Å². The minimum absolute atomic E-state index is 0.168. The van der Waals surface area contributed by atoms with Crippen LogP contribution < -0.4 is 20.4 Å². The number of hydrogen-bond acceptors (Lipinski definition) is 7. The van der Waals surface area contributed by atoms with Crippen molar-refractivity contribution in [1.82, 2.24) is 4.98 Å². The van der Waals surface area contributed by atoms with E-state index in [0.717, 1.165) is 66.4 Å². The van der Waals surface area contributed by atoms with Crippen LogP contribution in [0.15, 0.2) is 91.1 Å². The first-order valence-corrected chi connectivity index (χ1v) is 18.3. The van der Waals surface area contributed by atoms with E-state index in [2.05, 4.69) is 20.5 Å². The van der Waals surface area contributed by atoms with Gasteiger partial charge in [-0.2, -0.15) is 0 Å². The molecule has 0 unspecified atom stereocenters. The number of rotatable bonds is 6. The van der Waals surface area contributed by atoms with Crippen molar-refractivity contribution < 1.29 is 19.1 Å². The molecule has 1 spiro atoms. The zero-order chi connectivity index (χ0) is 35.1. The van der Waals surface area contributed by atoms with Crippen LogP contribution in [0.5, 0.6) is 0 Å². The van der Waals surface area contributed by atoms with Gasteiger partial charge in [0.25, 0.3) is 17.7 Å². The van der Waals surface area contributed by atoms with Gasteiger partial charge in [-0.3, -0.25) is 14.4 Å². The number of carbonyl (C=O) groups excluding carboxylic acids is 3. The maximum Gasteiger partial charge on any atom is 0.267 e. The summed E-state index contributed by atoms with van der Waals surface area (Å²) in [6, 6.07) is 25.8.